The first-order valence-electron chi connectivity index (χ1n) is 12.0. The number of benzene rings is 1. The van der Waals surface area contributed by atoms with E-state index in [1.807, 2.05) is 6.92 Å². The van der Waals surface area contributed by atoms with Crippen LogP contribution in [0.1, 0.15) is 76.2 Å². The standard InChI is InChI=1S/C27H29NO5/c1-16-23(27(31)33-17-9-4-2-3-5-10-17)24(25-20(28-16)12-8-13-21(25)29)19-15-32-22-14-7-6-11-18(22)26(19)30/h6-7,11,14-15,17,24,28H,2-5,8-10,12-13H2,1H3. The van der Waals surface area contributed by atoms with Crippen LogP contribution >= 0.6 is 0 Å². The molecule has 33 heavy (non-hydrogen) atoms. The van der Waals surface area contributed by atoms with E-state index in [-0.39, 0.29) is 17.3 Å². The molecule has 0 amide bonds. The first kappa shape index (κ1) is 21.7. The fourth-order valence-electron chi connectivity index (χ4n) is 5.43. The average molecular weight is 448 g/mol. The van der Waals surface area contributed by atoms with Gasteiger partial charge in [-0.3, -0.25) is 9.59 Å². The Morgan fingerprint density at radius 2 is 1.79 bits per heavy atom. The molecule has 1 unspecified atom stereocenters. The van der Waals surface area contributed by atoms with Crippen LogP contribution in [0.3, 0.4) is 0 Å². The lowest BCUT2D eigenvalue weighted by Crippen LogP contribution is -2.36. The molecule has 172 valence electrons. The number of fused-ring (bicyclic) bond motifs is 1. The molecule has 0 saturated heterocycles. The summed E-state index contributed by atoms with van der Waals surface area (Å²) in [5.74, 6) is -1.27. The number of Topliss-reactive ketones (excluding diaryl/α,β-unsaturated/α-hetero) is 1. The van der Waals surface area contributed by atoms with Crippen molar-refractivity contribution in [1.29, 1.82) is 0 Å². The summed E-state index contributed by atoms with van der Waals surface area (Å²) in [5, 5.41) is 3.73. The summed E-state index contributed by atoms with van der Waals surface area (Å²) >= 11 is 0. The van der Waals surface area contributed by atoms with Crippen molar-refractivity contribution in [2.45, 2.75) is 76.7 Å². The molecular formula is C27H29NO5. The van der Waals surface area contributed by atoms with Gasteiger partial charge in [-0.15, -0.1) is 0 Å². The van der Waals surface area contributed by atoms with Crippen LogP contribution in [0, 0.1) is 0 Å². The van der Waals surface area contributed by atoms with Crippen molar-refractivity contribution in [3.05, 3.63) is 68.9 Å². The highest BCUT2D eigenvalue weighted by molar-refractivity contribution is 6.04. The van der Waals surface area contributed by atoms with Crippen molar-refractivity contribution >= 4 is 22.7 Å². The van der Waals surface area contributed by atoms with Crippen molar-refractivity contribution in [3.8, 4) is 0 Å². The third kappa shape index (κ3) is 4.03. The highest BCUT2D eigenvalue weighted by Crippen LogP contribution is 2.42. The minimum atomic E-state index is -0.784. The quantitative estimate of drug-likeness (QED) is 0.525. The SMILES string of the molecule is CC1=C(C(=O)OC2CCCCCC2)C(c2coc3ccccc3c2=O)C2=C(CCCC2=O)N1. The predicted octanol–water partition coefficient (Wildman–Crippen LogP) is 5.03. The van der Waals surface area contributed by atoms with Crippen LogP contribution in [0.5, 0.6) is 0 Å². The predicted molar refractivity (Wildman–Crippen MR) is 125 cm³/mol. The van der Waals surface area contributed by atoms with E-state index in [0.29, 0.717) is 46.2 Å². The second-order valence-corrected chi connectivity index (χ2v) is 9.30. The highest BCUT2D eigenvalue weighted by Gasteiger charge is 2.41. The van der Waals surface area contributed by atoms with Crippen LogP contribution < -0.4 is 10.7 Å². The molecule has 1 saturated carbocycles. The molecular weight excluding hydrogens is 418 g/mol. The van der Waals surface area contributed by atoms with Gasteiger partial charge in [-0.1, -0.05) is 25.0 Å². The van der Waals surface area contributed by atoms with Crippen molar-refractivity contribution in [2.24, 2.45) is 0 Å². The first-order valence-corrected chi connectivity index (χ1v) is 12.0. The van der Waals surface area contributed by atoms with Crippen LogP contribution in [0.15, 0.2) is 62.3 Å². The number of esters is 1. The Balaban J connectivity index is 1.61. The Labute approximate surface area is 192 Å². The van der Waals surface area contributed by atoms with Gasteiger partial charge < -0.3 is 14.5 Å². The molecule has 6 heteroatoms. The van der Waals surface area contributed by atoms with Gasteiger partial charge in [-0.25, -0.2) is 4.79 Å². The van der Waals surface area contributed by atoms with E-state index in [9.17, 15) is 14.4 Å². The van der Waals surface area contributed by atoms with Gasteiger partial charge in [0.05, 0.1) is 23.1 Å². The lowest BCUT2D eigenvalue weighted by atomic mass is 9.75. The van der Waals surface area contributed by atoms with Crippen molar-refractivity contribution in [3.63, 3.8) is 0 Å². The van der Waals surface area contributed by atoms with E-state index in [1.54, 1.807) is 24.3 Å². The number of para-hydroxylation sites is 1. The lowest BCUT2D eigenvalue weighted by Gasteiger charge is -2.34. The fraction of sp³-hybridized carbons (Fsp3) is 0.444. The number of nitrogens with one attached hydrogen (secondary N) is 1. The van der Waals surface area contributed by atoms with Gasteiger partial charge in [0.2, 0.25) is 0 Å². The minimum Gasteiger partial charge on any atom is -0.464 e. The largest absolute Gasteiger partial charge is 0.464 e. The van der Waals surface area contributed by atoms with Crippen molar-refractivity contribution in [2.75, 3.05) is 0 Å². The molecule has 1 aliphatic heterocycles. The van der Waals surface area contributed by atoms with Gasteiger partial charge in [-0.05, 0) is 57.6 Å². The summed E-state index contributed by atoms with van der Waals surface area (Å²) in [6.45, 7) is 1.82. The van der Waals surface area contributed by atoms with E-state index in [2.05, 4.69) is 5.32 Å². The number of carbonyl (C=O) groups is 2. The summed E-state index contributed by atoms with van der Waals surface area (Å²) in [5.41, 5.74) is 2.85. The van der Waals surface area contributed by atoms with Crippen LogP contribution in [-0.4, -0.2) is 17.9 Å². The third-order valence-electron chi connectivity index (χ3n) is 7.09. The molecule has 5 rings (SSSR count). The van der Waals surface area contributed by atoms with Gasteiger partial charge in [-0.2, -0.15) is 0 Å². The molecule has 1 fully saturated rings. The van der Waals surface area contributed by atoms with Gasteiger partial charge in [0.15, 0.2) is 11.2 Å². The molecule has 6 nitrogen and oxygen atoms in total. The molecule has 0 radical (unpaired) electrons. The van der Waals surface area contributed by atoms with Crippen molar-refractivity contribution < 1.29 is 18.7 Å². The first-order chi connectivity index (χ1) is 16.0. The number of allylic oxidation sites excluding steroid dienone is 3. The van der Waals surface area contributed by atoms with Crippen LogP contribution in [0.2, 0.25) is 0 Å². The smallest absolute Gasteiger partial charge is 0.337 e. The van der Waals surface area contributed by atoms with Gasteiger partial charge >= 0.3 is 5.97 Å². The monoisotopic (exact) mass is 447 g/mol. The Kier molecular flexibility index (Phi) is 5.92. The summed E-state index contributed by atoms with van der Waals surface area (Å²) in [7, 11) is 0. The third-order valence-corrected chi connectivity index (χ3v) is 7.09. The Hall–Kier alpha value is -3.15. The van der Waals surface area contributed by atoms with E-state index in [0.717, 1.165) is 50.6 Å². The fourth-order valence-corrected chi connectivity index (χ4v) is 5.43. The summed E-state index contributed by atoms with van der Waals surface area (Å²) in [4.78, 5) is 40.2. The molecule has 1 atom stereocenters. The minimum absolute atomic E-state index is 0.0337. The van der Waals surface area contributed by atoms with Crippen LogP contribution in [0.25, 0.3) is 11.0 Å². The van der Waals surface area contributed by atoms with E-state index >= 15 is 0 Å². The van der Waals surface area contributed by atoms with Crippen LogP contribution in [-0.2, 0) is 14.3 Å². The summed E-state index contributed by atoms with van der Waals surface area (Å²) in [6.07, 6.45) is 9.23. The highest BCUT2D eigenvalue weighted by atomic mass is 16.5. The maximum Gasteiger partial charge on any atom is 0.337 e. The molecule has 2 aromatic rings. The molecule has 1 N–H and O–H groups in total. The Morgan fingerprint density at radius 3 is 2.58 bits per heavy atom. The zero-order valence-corrected chi connectivity index (χ0v) is 18.9. The van der Waals surface area contributed by atoms with Gasteiger partial charge in [0, 0.05) is 29.0 Å². The normalized spacial score (nSPS) is 22.1. The zero-order chi connectivity index (χ0) is 22.9. The number of hydrogen-bond donors (Lipinski definition) is 1. The Bertz CT molecular complexity index is 1230. The van der Waals surface area contributed by atoms with Gasteiger partial charge in [0.1, 0.15) is 11.7 Å². The molecule has 0 spiro atoms. The van der Waals surface area contributed by atoms with E-state index in [4.69, 9.17) is 9.15 Å². The maximum atomic E-state index is 13.5. The number of dihydropyridines is 1. The maximum absolute atomic E-state index is 13.5. The lowest BCUT2D eigenvalue weighted by molar-refractivity contribution is -0.145. The number of ketones is 1. The molecule has 1 aromatic heterocycles. The molecule has 2 aliphatic carbocycles. The van der Waals surface area contributed by atoms with Crippen molar-refractivity contribution in [1.82, 2.24) is 5.32 Å². The molecule has 1 aromatic carbocycles. The van der Waals surface area contributed by atoms with E-state index in [1.165, 1.54) is 6.26 Å². The van der Waals surface area contributed by atoms with Gasteiger partial charge in [0.25, 0.3) is 0 Å². The second-order valence-electron chi connectivity index (χ2n) is 9.30. The molecule has 3 aliphatic rings. The second kappa shape index (κ2) is 9.00. The number of carbonyl (C=O) groups excluding carboxylic acids is 2. The Morgan fingerprint density at radius 1 is 1.03 bits per heavy atom. The number of ether oxygens (including phenoxy) is 1. The molecule has 0 bridgehead atoms. The zero-order valence-electron chi connectivity index (χ0n) is 18.9. The number of hydrogen-bond acceptors (Lipinski definition) is 6. The summed E-state index contributed by atoms with van der Waals surface area (Å²) < 4.78 is 11.8. The number of rotatable bonds is 3. The van der Waals surface area contributed by atoms with E-state index < -0.39 is 11.9 Å². The van der Waals surface area contributed by atoms with Crippen LogP contribution in [0.4, 0.5) is 0 Å². The molecule has 2 heterocycles. The summed E-state index contributed by atoms with van der Waals surface area (Å²) in [6, 6.07) is 7.04. The average Bonchev–Trinajstić information content (AvgIpc) is 3.07. The topological polar surface area (TPSA) is 85.6 Å².